The largest absolute Gasteiger partial charge is 0.370 e. The highest BCUT2D eigenvalue weighted by Gasteiger charge is 2.23. The summed E-state index contributed by atoms with van der Waals surface area (Å²) >= 11 is 0. The molecule has 4 heterocycles. The third-order valence-corrected chi connectivity index (χ3v) is 6.41. The van der Waals surface area contributed by atoms with Crippen molar-refractivity contribution in [3.05, 3.63) is 18.3 Å². The number of hydrogen-bond donors (Lipinski definition) is 3. The molecule has 3 saturated heterocycles. The minimum absolute atomic E-state index is 0.107. The molecule has 1 amide bonds. The standard InChI is InChI=1S/C21H34N6O/c28-21(18-3-7-22-8-4-18)25-20-2-1-19(15-24-20)27-11-5-17(6-12-27)16-26-13-9-23-10-14-26/h1-2,15,17-18,22-23H,3-14,16H2,(H,24,25,28). The first kappa shape index (κ1) is 19.6. The van der Waals surface area contributed by atoms with Crippen LogP contribution in [0.15, 0.2) is 18.3 Å². The molecule has 0 aliphatic carbocycles. The van der Waals surface area contributed by atoms with E-state index in [9.17, 15) is 4.79 Å². The van der Waals surface area contributed by atoms with Crippen LogP contribution < -0.4 is 20.9 Å². The number of pyridine rings is 1. The Morgan fingerprint density at radius 1 is 1.00 bits per heavy atom. The maximum absolute atomic E-state index is 12.4. The summed E-state index contributed by atoms with van der Waals surface area (Å²) in [6.07, 6.45) is 6.23. The molecule has 4 rings (SSSR count). The van der Waals surface area contributed by atoms with E-state index in [2.05, 4.69) is 36.8 Å². The number of nitrogens with one attached hydrogen (secondary N) is 3. The van der Waals surface area contributed by atoms with Gasteiger partial charge in [0.2, 0.25) is 5.91 Å². The van der Waals surface area contributed by atoms with E-state index in [0.29, 0.717) is 5.82 Å². The van der Waals surface area contributed by atoms with Crippen molar-refractivity contribution in [1.29, 1.82) is 0 Å². The topological polar surface area (TPSA) is 72.5 Å². The number of piperidine rings is 2. The maximum atomic E-state index is 12.4. The zero-order valence-corrected chi connectivity index (χ0v) is 16.8. The van der Waals surface area contributed by atoms with Gasteiger partial charge in [0.05, 0.1) is 11.9 Å². The molecule has 3 N–H and O–H groups in total. The summed E-state index contributed by atoms with van der Waals surface area (Å²) in [5, 5.41) is 9.71. The average Bonchev–Trinajstić information content (AvgIpc) is 2.76. The first-order valence-electron chi connectivity index (χ1n) is 10.9. The number of hydrogen-bond acceptors (Lipinski definition) is 6. The zero-order chi connectivity index (χ0) is 19.2. The van der Waals surface area contributed by atoms with Crippen LogP contribution in [0.1, 0.15) is 25.7 Å². The first-order chi connectivity index (χ1) is 13.8. The van der Waals surface area contributed by atoms with Crippen molar-refractivity contribution < 1.29 is 4.79 Å². The Labute approximate surface area is 168 Å². The zero-order valence-electron chi connectivity index (χ0n) is 16.8. The first-order valence-corrected chi connectivity index (χ1v) is 10.9. The van der Waals surface area contributed by atoms with Gasteiger partial charge in [-0.1, -0.05) is 0 Å². The molecule has 0 unspecified atom stereocenters. The van der Waals surface area contributed by atoms with Crippen molar-refractivity contribution in [3.63, 3.8) is 0 Å². The Hall–Kier alpha value is -1.70. The lowest BCUT2D eigenvalue weighted by atomic mass is 9.95. The van der Waals surface area contributed by atoms with E-state index in [-0.39, 0.29) is 11.8 Å². The highest BCUT2D eigenvalue weighted by Crippen LogP contribution is 2.24. The quantitative estimate of drug-likeness (QED) is 0.705. The summed E-state index contributed by atoms with van der Waals surface area (Å²) in [5.41, 5.74) is 1.17. The Morgan fingerprint density at radius 3 is 2.39 bits per heavy atom. The van der Waals surface area contributed by atoms with Gasteiger partial charge in [-0.25, -0.2) is 4.98 Å². The maximum Gasteiger partial charge on any atom is 0.228 e. The highest BCUT2D eigenvalue weighted by molar-refractivity contribution is 5.91. The second-order valence-corrected chi connectivity index (χ2v) is 8.40. The molecule has 0 spiro atoms. The van der Waals surface area contributed by atoms with Crippen molar-refractivity contribution in [1.82, 2.24) is 20.5 Å². The van der Waals surface area contributed by atoms with Crippen LogP contribution in [0.5, 0.6) is 0 Å². The van der Waals surface area contributed by atoms with Gasteiger partial charge in [0.1, 0.15) is 5.82 Å². The fourth-order valence-electron chi connectivity index (χ4n) is 4.59. The molecule has 0 atom stereocenters. The lowest BCUT2D eigenvalue weighted by molar-refractivity contribution is -0.120. The summed E-state index contributed by atoms with van der Waals surface area (Å²) < 4.78 is 0. The molecule has 154 valence electrons. The summed E-state index contributed by atoms with van der Waals surface area (Å²) in [6.45, 7) is 9.93. The number of aromatic nitrogens is 1. The van der Waals surface area contributed by atoms with E-state index in [1.165, 1.54) is 38.2 Å². The van der Waals surface area contributed by atoms with Gasteiger partial charge in [0.15, 0.2) is 0 Å². The predicted molar refractivity (Wildman–Crippen MR) is 113 cm³/mol. The summed E-state index contributed by atoms with van der Waals surface area (Å²) in [5.74, 6) is 1.69. The molecule has 7 heteroatoms. The number of carbonyl (C=O) groups is 1. The van der Waals surface area contributed by atoms with Gasteiger partial charge in [-0.05, 0) is 56.8 Å². The molecular weight excluding hydrogens is 352 g/mol. The molecule has 0 bridgehead atoms. The molecule has 3 aliphatic heterocycles. The number of amides is 1. The molecule has 0 radical (unpaired) electrons. The van der Waals surface area contributed by atoms with Gasteiger partial charge in [-0.15, -0.1) is 0 Å². The Kier molecular flexibility index (Phi) is 6.77. The van der Waals surface area contributed by atoms with Crippen molar-refractivity contribution in [2.45, 2.75) is 25.7 Å². The molecule has 3 fully saturated rings. The van der Waals surface area contributed by atoms with E-state index in [0.717, 1.165) is 58.0 Å². The Bertz CT molecular complexity index is 616. The Balaban J connectivity index is 1.23. The lowest BCUT2D eigenvalue weighted by Gasteiger charge is -2.37. The van der Waals surface area contributed by atoms with E-state index < -0.39 is 0 Å². The second kappa shape index (κ2) is 9.67. The molecule has 7 nitrogen and oxygen atoms in total. The molecular formula is C21H34N6O. The van der Waals surface area contributed by atoms with E-state index in [1.54, 1.807) is 0 Å². The minimum atomic E-state index is 0.107. The average molecular weight is 387 g/mol. The molecule has 1 aromatic heterocycles. The highest BCUT2D eigenvalue weighted by atomic mass is 16.1. The van der Waals surface area contributed by atoms with E-state index in [1.807, 2.05) is 12.3 Å². The fraction of sp³-hybridized carbons (Fsp3) is 0.714. The molecule has 0 aromatic carbocycles. The van der Waals surface area contributed by atoms with Crippen molar-refractivity contribution in [2.75, 3.05) is 69.1 Å². The van der Waals surface area contributed by atoms with Crippen LogP contribution in [0.25, 0.3) is 0 Å². The Morgan fingerprint density at radius 2 is 1.71 bits per heavy atom. The number of anilines is 2. The molecule has 0 saturated carbocycles. The van der Waals surface area contributed by atoms with Gasteiger partial charge in [0.25, 0.3) is 0 Å². The van der Waals surface area contributed by atoms with Crippen LogP contribution in [0.2, 0.25) is 0 Å². The predicted octanol–water partition coefficient (Wildman–Crippen LogP) is 1.14. The summed E-state index contributed by atoms with van der Waals surface area (Å²) in [4.78, 5) is 21.9. The molecule has 3 aliphatic rings. The van der Waals surface area contributed by atoms with Gasteiger partial charge >= 0.3 is 0 Å². The minimum Gasteiger partial charge on any atom is -0.370 e. The summed E-state index contributed by atoms with van der Waals surface area (Å²) in [6, 6.07) is 4.04. The molecule has 28 heavy (non-hydrogen) atoms. The number of rotatable bonds is 5. The smallest absolute Gasteiger partial charge is 0.228 e. The van der Waals surface area contributed by atoms with Gasteiger partial charge in [0, 0.05) is 51.7 Å². The molecule has 1 aromatic rings. The van der Waals surface area contributed by atoms with Gasteiger partial charge < -0.3 is 25.8 Å². The van der Waals surface area contributed by atoms with Crippen molar-refractivity contribution in [3.8, 4) is 0 Å². The van der Waals surface area contributed by atoms with Crippen LogP contribution >= 0.6 is 0 Å². The summed E-state index contributed by atoms with van der Waals surface area (Å²) in [7, 11) is 0. The third-order valence-electron chi connectivity index (χ3n) is 6.41. The van der Waals surface area contributed by atoms with E-state index in [4.69, 9.17) is 0 Å². The SMILES string of the molecule is O=C(Nc1ccc(N2CCC(CN3CCNCC3)CC2)cn1)C1CCNCC1. The van der Waals surface area contributed by atoms with Crippen molar-refractivity contribution >= 4 is 17.4 Å². The van der Waals surface area contributed by atoms with Gasteiger partial charge in [-0.2, -0.15) is 0 Å². The number of carbonyl (C=O) groups excluding carboxylic acids is 1. The van der Waals surface area contributed by atoms with Crippen LogP contribution in [0.4, 0.5) is 11.5 Å². The van der Waals surface area contributed by atoms with Gasteiger partial charge in [-0.3, -0.25) is 4.79 Å². The lowest BCUT2D eigenvalue weighted by Crippen LogP contribution is -2.46. The van der Waals surface area contributed by atoms with Crippen LogP contribution in [0, 0.1) is 11.8 Å². The van der Waals surface area contributed by atoms with Crippen molar-refractivity contribution in [2.24, 2.45) is 11.8 Å². The fourth-order valence-corrected chi connectivity index (χ4v) is 4.59. The monoisotopic (exact) mass is 386 g/mol. The van der Waals surface area contributed by atoms with Crippen LogP contribution in [-0.4, -0.2) is 74.7 Å². The number of piperazine rings is 1. The van der Waals surface area contributed by atoms with Crippen LogP contribution in [0.3, 0.4) is 0 Å². The number of nitrogens with zero attached hydrogens (tertiary/aromatic N) is 3. The second-order valence-electron chi connectivity index (χ2n) is 8.40. The normalized spacial score (nSPS) is 22.9. The third kappa shape index (κ3) is 5.21. The van der Waals surface area contributed by atoms with Crippen LogP contribution in [-0.2, 0) is 4.79 Å². The van der Waals surface area contributed by atoms with E-state index >= 15 is 0 Å².